The lowest BCUT2D eigenvalue weighted by Gasteiger charge is -2.08. The molecule has 0 unspecified atom stereocenters. The number of carbonyl (C=O) groups excluding carboxylic acids is 1. The van der Waals surface area contributed by atoms with Gasteiger partial charge in [-0.15, -0.1) is 0 Å². The molecule has 0 bridgehead atoms. The van der Waals surface area contributed by atoms with Gasteiger partial charge in [0.25, 0.3) is 5.91 Å². The molecule has 1 amide bonds. The number of halogens is 3. The first kappa shape index (κ1) is 11.5. The van der Waals surface area contributed by atoms with E-state index in [2.05, 4.69) is 4.98 Å². The van der Waals surface area contributed by atoms with Crippen molar-refractivity contribution < 1.29 is 18.0 Å². The number of amides is 1. The predicted molar refractivity (Wildman–Crippen MR) is 47.4 cm³/mol. The molecule has 3 nitrogen and oxygen atoms in total. The number of carbonyl (C=O) groups is 1. The molecule has 0 aliphatic rings. The molecule has 15 heavy (non-hydrogen) atoms. The molecule has 1 aromatic rings. The molecule has 0 aliphatic heterocycles. The Bertz CT molecular complexity index is 363. The summed E-state index contributed by atoms with van der Waals surface area (Å²) in [5.41, 5.74) is 0.842. The second-order valence-electron chi connectivity index (χ2n) is 3.05. The Morgan fingerprint density at radius 1 is 1.47 bits per heavy atom. The topological polar surface area (TPSA) is 42.0 Å². The van der Waals surface area contributed by atoms with Gasteiger partial charge in [0.2, 0.25) is 0 Å². The van der Waals surface area contributed by atoms with Gasteiger partial charge in [0.1, 0.15) is 6.54 Å². The molecule has 82 valence electrons. The fourth-order valence-electron chi connectivity index (χ4n) is 0.962. The number of rotatable bonds is 2. The summed E-state index contributed by atoms with van der Waals surface area (Å²) in [6.07, 6.45) is -1.66. The summed E-state index contributed by atoms with van der Waals surface area (Å²) >= 11 is 0. The first-order valence-corrected chi connectivity index (χ1v) is 4.15. The molecule has 1 heterocycles. The highest BCUT2D eigenvalue weighted by Crippen LogP contribution is 2.12. The van der Waals surface area contributed by atoms with Crippen molar-refractivity contribution >= 4 is 5.91 Å². The summed E-state index contributed by atoms with van der Waals surface area (Å²) in [5.74, 6) is -0.775. The van der Waals surface area contributed by atoms with Crippen molar-refractivity contribution in [2.45, 2.75) is 13.1 Å². The van der Waals surface area contributed by atoms with Crippen LogP contribution < -0.4 is 5.32 Å². The van der Waals surface area contributed by atoms with Crippen LogP contribution in [-0.4, -0.2) is 23.6 Å². The number of nitrogens with one attached hydrogen (secondary N) is 1. The van der Waals surface area contributed by atoms with Crippen LogP contribution in [0, 0.1) is 6.92 Å². The summed E-state index contributed by atoms with van der Waals surface area (Å²) < 4.78 is 35.3. The molecule has 0 saturated carbocycles. The second kappa shape index (κ2) is 4.29. The average Bonchev–Trinajstić information content (AvgIpc) is 2.13. The minimum atomic E-state index is -4.40. The van der Waals surface area contributed by atoms with Crippen molar-refractivity contribution in [1.29, 1.82) is 0 Å². The van der Waals surface area contributed by atoms with Gasteiger partial charge in [0.05, 0.1) is 5.56 Å². The van der Waals surface area contributed by atoms with Gasteiger partial charge in [0, 0.05) is 12.4 Å². The van der Waals surface area contributed by atoms with Gasteiger partial charge in [-0.2, -0.15) is 13.2 Å². The van der Waals surface area contributed by atoms with Crippen molar-refractivity contribution in [3.8, 4) is 0 Å². The fraction of sp³-hybridized carbons (Fsp3) is 0.333. The quantitative estimate of drug-likeness (QED) is 0.820. The van der Waals surface area contributed by atoms with Crippen molar-refractivity contribution in [2.24, 2.45) is 0 Å². The average molecular weight is 218 g/mol. The van der Waals surface area contributed by atoms with Gasteiger partial charge >= 0.3 is 6.18 Å². The molecular weight excluding hydrogens is 209 g/mol. The van der Waals surface area contributed by atoms with Crippen LogP contribution in [0.3, 0.4) is 0 Å². The van der Waals surface area contributed by atoms with Gasteiger partial charge in [0.15, 0.2) is 0 Å². The van der Waals surface area contributed by atoms with E-state index in [-0.39, 0.29) is 5.56 Å². The standard InChI is InChI=1S/C9H9F3N2O/c1-6-2-7(4-13-3-6)8(15)14-5-9(10,11)12/h2-4H,5H2,1H3,(H,14,15). The predicted octanol–water partition coefficient (Wildman–Crippen LogP) is 1.68. The van der Waals surface area contributed by atoms with Crippen LogP contribution >= 0.6 is 0 Å². The highest BCUT2D eigenvalue weighted by molar-refractivity contribution is 5.93. The van der Waals surface area contributed by atoms with E-state index in [9.17, 15) is 18.0 Å². The molecule has 0 fully saturated rings. The number of nitrogens with zero attached hydrogens (tertiary/aromatic N) is 1. The van der Waals surface area contributed by atoms with Crippen LogP contribution in [-0.2, 0) is 0 Å². The number of alkyl halides is 3. The Morgan fingerprint density at radius 2 is 2.13 bits per heavy atom. The smallest absolute Gasteiger partial charge is 0.343 e. The maximum atomic E-state index is 11.8. The van der Waals surface area contributed by atoms with E-state index in [4.69, 9.17) is 0 Å². The Kier molecular flexibility index (Phi) is 3.28. The minimum Gasteiger partial charge on any atom is -0.343 e. The van der Waals surface area contributed by atoms with E-state index in [1.807, 2.05) is 0 Å². The summed E-state index contributed by atoms with van der Waals surface area (Å²) in [6, 6.07) is 1.47. The summed E-state index contributed by atoms with van der Waals surface area (Å²) in [5, 5.41) is 1.76. The van der Waals surface area contributed by atoms with E-state index in [1.54, 1.807) is 12.2 Å². The van der Waals surface area contributed by atoms with Crippen LogP contribution in [0.5, 0.6) is 0 Å². The molecule has 1 rings (SSSR count). The maximum absolute atomic E-state index is 11.8. The summed E-state index contributed by atoms with van der Waals surface area (Å²) in [4.78, 5) is 14.9. The summed E-state index contributed by atoms with van der Waals surface area (Å²) in [6.45, 7) is 0.368. The Morgan fingerprint density at radius 3 is 2.67 bits per heavy atom. The van der Waals surface area contributed by atoms with Crippen molar-refractivity contribution in [3.63, 3.8) is 0 Å². The molecule has 0 radical (unpaired) electrons. The monoisotopic (exact) mass is 218 g/mol. The normalized spacial score (nSPS) is 11.2. The van der Waals surface area contributed by atoms with E-state index >= 15 is 0 Å². The number of hydrogen-bond acceptors (Lipinski definition) is 2. The van der Waals surface area contributed by atoms with Gasteiger partial charge in [-0.3, -0.25) is 9.78 Å². The molecular formula is C9H9F3N2O. The third-order valence-electron chi connectivity index (χ3n) is 1.59. The first-order chi connectivity index (χ1) is 6.88. The Hall–Kier alpha value is -1.59. The molecule has 1 N–H and O–H groups in total. The van der Waals surface area contributed by atoms with Crippen molar-refractivity contribution in [2.75, 3.05) is 6.54 Å². The van der Waals surface area contributed by atoms with Gasteiger partial charge in [-0.25, -0.2) is 0 Å². The van der Waals surface area contributed by atoms with Crippen molar-refractivity contribution in [3.05, 3.63) is 29.6 Å². The molecule has 0 atom stereocenters. The molecule has 0 aromatic carbocycles. The SMILES string of the molecule is Cc1cncc(C(=O)NCC(F)(F)F)c1. The first-order valence-electron chi connectivity index (χ1n) is 4.15. The Balaban J connectivity index is 2.62. The number of hydrogen-bond donors (Lipinski definition) is 1. The zero-order valence-electron chi connectivity index (χ0n) is 7.93. The molecule has 0 aliphatic carbocycles. The Labute approximate surface area is 84.3 Å². The lowest BCUT2D eigenvalue weighted by atomic mass is 10.2. The van der Waals surface area contributed by atoms with Crippen LogP contribution in [0.1, 0.15) is 15.9 Å². The van der Waals surface area contributed by atoms with E-state index in [0.717, 1.165) is 5.56 Å². The van der Waals surface area contributed by atoms with Crippen molar-refractivity contribution in [1.82, 2.24) is 10.3 Å². The molecule has 0 spiro atoms. The highest BCUT2D eigenvalue weighted by Gasteiger charge is 2.27. The molecule has 1 aromatic heterocycles. The zero-order valence-corrected chi connectivity index (χ0v) is 7.93. The van der Waals surface area contributed by atoms with E-state index in [0.29, 0.717) is 0 Å². The van der Waals surface area contributed by atoms with Crippen LogP contribution in [0.2, 0.25) is 0 Å². The van der Waals surface area contributed by atoms with E-state index in [1.165, 1.54) is 18.5 Å². The van der Waals surface area contributed by atoms with Crippen LogP contribution in [0.15, 0.2) is 18.5 Å². The van der Waals surface area contributed by atoms with Crippen LogP contribution in [0.25, 0.3) is 0 Å². The third-order valence-corrected chi connectivity index (χ3v) is 1.59. The van der Waals surface area contributed by atoms with E-state index < -0.39 is 18.6 Å². The minimum absolute atomic E-state index is 0.124. The lowest BCUT2D eigenvalue weighted by Crippen LogP contribution is -2.33. The molecule has 6 heteroatoms. The zero-order chi connectivity index (χ0) is 11.5. The second-order valence-corrected chi connectivity index (χ2v) is 3.05. The largest absolute Gasteiger partial charge is 0.405 e. The molecule has 0 saturated heterocycles. The van der Waals surface area contributed by atoms with Gasteiger partial charge < -0.3 is 5.32 Å². The van der Waals surface area contributed by atoms with Crippen LogP contribution in [0.4, 0.5) is 13.2 Å². The maximum Gasteiger partial charge on any atom is 0.405 e. The lowest BCUT2D eigenvalue weighted by molar-refractivity contribution is -0.123. The number of aryl methyl sites for hydroxylation is 1. The number of pyridine rings is 1. The third kappa shape index (κ3) is 3.97. The van der Waals surface area contributed by atoms with Gasteiger partial charge in [-0.05, 0) is 18.6 Å². The number of aromatic nitrogens is 1. The van der Waals surface area contributed by atoms with Gasteiger partial charge in [-0.1, -0.05) is 0 Å². The fourth-order valence-corrected chi connectivity index (χ4v) is 0.962. The highest BCUT2D eigenvalue weighted by atomic mass is 19.4. The summed E-state index contributed by atoms with van der Waals surface area (Å²) in [7, 11) is 0.